The summed E-state index contributed by atoms with van der Waals surface area (Å²) in [5.74, 6) is -0.280. The van der Waals surface area contributed by atoms with Gasteiger partial charge in [0.1, 0.15) is 5.82 Å². The minimum Gasteiger partial charge on any atom is -0.327 e. The number of rotatable bonds is 2. The molecule has 0 unspecified atom stereocenters. The van der Waals surface area contributed by atoms with E-state index in [1.54, 1.807) is 31.2 Å². The Bertz CT molecular complexity index is 334. The molecule has 0 spiro atoms. The number of halogens is 2. The van der Waals surface area contributed by atoms with Crippen molar-refractivity contribution >= 4 is 17.7 Å². The summed E-state index contributed by atoms with van der Waals surface area (Å²) in [6.07, 6.45) is 3.27. The van der Waals surface area contributed by atoms with Crippen LogP contribution < -0.4 is 5.73 Å². The van der Waals surface area contributed by atoms with Gasteiger partial charge in [-0.15, -0.1) is 0 Å². The predicted molar refractivity (Wildman–Crippen MR) is 54.2 cm³/mol. The lowest BCUT2D eigenvalue weighted by Gasteiger charge is -2.02. The second-order valence-electron chi connectivity index (χ2n) is 2.73. The summed E-state index contributed by atoms with van der Waals surface area (Å²) in [7, 11) is 0. The van der Waals surface area contributed by atoms with Crippen molar-refractivity contribution in [2.24, 2.45) is 5.73 Å². The highest BCUT2D eigenvalue weighted by Gasteiger charge is 2.05. The molecular weight excluding hydrogens is 189 g/mol. The molecule has 1 nitrogen and oxygen atoms in total. The Balaban J connectivity index is 3.17. The summed E-state index contributed by atoms with van der Waals surface area (Å²) < 4.78 is 13.4. The number of hydrogen-bond donors (Lipinski definition) is 1. The van der Waals surface area contributed by atoms with E-state index in [-0.39, 0.29) is 5.82 Å². The van der Waals surface area contributed by atoms with Crippen LogP contribution >= 0.6 is 11.6 Å². The van der Waals surface area contributed by atoms with E-state index in [9.17, 15) is 4.39 Å². The molecular formula is C10H11ClFN. The molecule has 0 aromatic heterocycles. The zero-order valence-electron chi connectivity index (χ0n) is 7.35. The summed E-state index contributed by atoms with van der Waals surface area (Å²) in [6, 6.07) is 3.33. The van der Waals surface area contributed by atoms with E-state index < -0.39 is 0 Å². The van der Waals surface area contributed by atoms with E-state index in [4.69, 9.17) is 17.3 Å². The highest BCUT2D eigenvalue weighted by molar-refractivity contribution is 6.32. The SMILES string of the molecule is Cc1ccc(Cl)c(/C=C/CN)c1F. The second kappa shape index (κ2) is 4.40. The molecule has 0 atom stereocenters. The van der Waals surface area contributed by atoms with Gasteiger partial charge >= 0.3 is 0 Å². The zero-order chi connectivity index (χ0) is 9.84. The van der Waals surface area contributed by atoms with Gasteiger partial charge in [-0.2, -0.15) is 0 Å². The summed E-state index contributed by atoms with van der Waals surface area (Å²) in [6.45, 7) is 2.08. The molecule has 3 heteroatoms. The van der Waals surface area contributed by atoms with E-state index >= 15 is 0 Å². The van der Waals surface area contributed by atoms with Gasteiger partial charge in [0.25, 0.3) is 0 Å². The van der Waals surface area contributed by atoms with Crippen molar-refractivity contribution in [1.29, 1.82) is 0 Å². The van der Waals surface area contributed by atoms with E-state index in [2.05, 4.69) is 0 Å². The van der Waals surface area contributed by atoms with Crippen molar-refractivity contribution in [2.45, 2.75) is 6.92 Å². The first kappa shape index (κ1) is 10.2. The molecule has 0 fully saturated rings. The second-order valence-corrected chi connectivity index (χ2v) is 3.14. The third-order valence-corrected chi connectivity index (χ3v) is 2.07. The van der Waals surface area contributed by atoms with Crippen molar-refractivity contribution in [3.8, 4) is 0 Å². The van der Waals surface area contributed by atoms with E-state index in [1.807, 2.05) is 0 Å². The van der Waals surface area contributed by atoms with Crippen molar-refractivity contribution in [1.82, 2.24) is 0 Å². The van der Waals surface area contributed by atoms with E-state index in [0.717, 1.165) is 0 Å². The minimum absolute atomic E-state index is 0.280. The van der Waals surface area contributed by atoms with Crippen molar-refractivity contribution in [3.05, 3.63) is 40.2 Å². The largest absolute Gasteiger partial charge is 0.327 e. The fraction of sp³-hybridized carbons (Fsp3) is 0.200. The van der Waals surface area contributed by atoms with Crippen molar-refractivity contribution < 1.29 is 4.39 Å². The van der Waals surface area contributed by atoms with Crippen LogP contribution in [-0.4, -0.2) is 6.54 Å². The first-order valence-electron chi connectivity index (χ1n) is 3.98. The zero-order valence-corrected chi connectivity index (χ0v) is 8.11. The Morgan fingerprint density at radius 3 is 2.85 bits per heavy atom. The van der Waals surface area contributed by atoms with Gasteiger partial charge in [-0.1, -0.05) is 29.8 Å². The molecule has 0 bridgehead atoms. The average Bonchev–Trinajstić information content (AvgIpc) is 2.12. The Kier molecular flexibility index (Phi) is 3.46. The molecule has 0 heterocycles. The lowest BCUT2D eigenvalue weighted by Crippen LogP contribution is -1.93. The third kappa shape index (κ3) is 2.29. The third-order valence-electron chi connectivity index (χ3n) is 1.74. The van der Waals surface area contributed by atoms with Gasteiger partial charge in [-0.3, -0.25) is 0 Å². The van der Waals surface area contributed by atoms with Crippen LogP contribution in [0.2, 0.25) is 5.02 Å². The van der Waals surface area contributed by atoms with Crippen LogP contribution in [0.1, 0.15) is 11.1 Å². The molecule has 70 valence electrons. The molecule has 0 aliphatic rings. The van der Waals surface area contributed by atoms with Crippen LogP contribution in [-0.2, 0) is 0 Å². The van der Waals surface area contributed by atoms with Gasteiger partial charge in [-0.05, 0) is 18.6 Å². The maximum absolute atomic E-state index is 13.4. The standard InChI is InChI=1S/C10H11ClFN/c1-7-4-5-9(11)8(10(7)12)3-2-6-13/h2-5H,6,13H2,1H3/b3-2+. The van der Waals surface area contributed by atoms with Gasteiger partial charge in [0.2, 0.25) is 0 Å². The Morgan fingerprint density at radius 1 is 1.54 bits per heavy atom. The molecule has 1 aromatic rings. The lowest BCUT2D eigenvalue weighted by atomic mass is 10.1. The van der Waals surface area contributed by atoms with E-state index in [1.165, 1.54) is 0 Å². The summed E-state index contributed by atoms with van der Waals surface area (Å²) in [5.41, 5.74) is 6.26. The quantitative estimate of drug-likeness (QED) is 0.779. The number of benzene rings is 1. The molecule has 0 amide bonds. The number of aryl methyl sites for hydroxylation is 1. The molecule has 2 N–H and O–H groups in total. The van der Waals surface area contributed by atoms with Crippen LogP contribution in [0.4, 0.5) is 4.39 Å². The summed E-state index contributed by atoms with van der Waals surface area (Å²) in [4.78, 5) is 0. The van der Waals surface area contributed by atoms with Crippen molar-refractivity contribution in [2.75, 3.05) is 6.54 Å². The first-order chi connectivity index (χ1) is 6.16. The van der Waals surface area contributed by atoms with Gasteiger partial charge in [0.05, 0.1) is 5.02 Å². The smallest absolute Gasteiger partial charge is 0.134 e. The fourth-order valence-electron chi connectivity index (χ4n) is 1.02. The minimum atomic E-state index is -0.280. The average molecular weight is 200 g/mol. The molecule has 0 aliphatic carbocycles. The van der Waals surface area contributed by atoms with Gasteiger partial charge in [0, 0.05) is 12.1 Å². The van der Waals surface area contributed by atoms with Crippen LogP contribution in [0.15, 0.2) is 18.2 Å². The predicted octanol–water partition coefficient (Wildman–Crippen LogP) is 2.76. The highest BCUT2D eigenvalue weighted by Crippen LogP contribution is 2.22. The normalized spacial score (nSPS) is 11.1. The number of hydrogen-bond acceptors (Lipinski definition) is 1. The van der Waals surface area contributed by atoms with Crippen LogP contribution in [0.3, 0.4) is 0 Å². The van der Waals surface area contributed by atoms with Gasteiger partial charge < -0.3 is 5.73 Å². The summed E-state index contributed by atoms with van der Waals surface area (Å²) in [5, 5.41) is 0.410. The Morgan fingerprint density at radius 2 is 2.23 bits per heavy atom. The first-order valence-corrected chi connectivity index (χ1v) is 4.36. The molecule has 0 saturated carbocycles. The van der Waals surface area contributed by atoms with E-state index in [0.29, 0.717) is 22.7 Å². The van der Waals surface area contributed by atoms with Crippen LogP contribution in [0.25, 0.3) is 6.08 Å². The van der Waals surface area contributed by atoms with Gasteiger partial charge in [0.15, 0.2) is 0 Å². The molecule has 1 rings (SSSR count). The summed E-state index contributed by atoms with van der Waals surface area (Å²) >= 11 is 5.81. The molecule has 13 heavy (non-hydrogen) atoms. The fourth-order valence-corrected chi connectivity index (χ4v) is 1.23. The molecule has 1 aromatic carbocycles. The monoisotopic (exact) mass is 199 g/mol. The maximum atomic E-state index is 13.4. The Hall–Kier alpha value is -0.860. The highest BCUT2D eigenvalue weighted by atomic mass is 35.5. The van der Waals surface area contributed by atoms with Crippen LogP contribution in [0, 0.1) is 12.7 Å². The van der Waals surface area contributed by atoms with Crippen molar-refractivity contribution in [3.63, 3.8) is 0 Å². The number of nitrogens with two attached hydrogens (primary N) is 1. The Labute approximate surface area is 82.0 Å². The lowest BCUT2D eigenvalue weighted by molar-refractivity contribution is 0.616. The van der Waals surface area contributed by atoms with Crippen LogP contribution in [0.5, 0.6) is 0 Å². The maximum Gasteiger partial charge on any atom is 0.134 e. The molecule has 0 saturated heterocycles. The topological polar surface area (TPSA) is 26.0 Å². The molecule has 0 aliphatic heterocycles. The van der Waals surface area contributed by atoms with Gasteiger partial charge in [-0.25, -0.2) is 4.39 Å². The molecule has 0 radical (unpaired) electrons.